The molecule has 0 unspecified atom stereocenters. The van der Waals surface area contributed by atoms with Crippen LogP contribution in [0.5, 0.6) is 5.88 Å². The number of hydrogen-bond acceptors (Lipinski definition) is 7. The van der Waals surface area contributed by atoms with Crippen LogP contribution in [0.4, 0.5) is 5.82 Å². The molecule has 1 aliphatic heterocycles. The quantitative estimate of drug-likeness (QED) is 0.682. The highest BCUT2D eigenvalue weighted by Crippen LogP contribution is 2.19. The van der Waals surface area contributed by atoms with Crippen molar-refractivity contribution < 1.29 is 9.53 Å². The van der Waals surface area contributed by atoms with Gasteiger partial charge < -0.3 is 14.5 Å². The molecule has 1 saturated heterocycles. The van der Waals surface area contributed by atoms with Gasteiger partial charge in [0.1, 0.15) is 5.56 Å². The smallest absolute Gasteiger partial charge is 0.259 e. The molecule has 0 aromatic carbocycles. The lowest BCUT2D eigenvalue weighted by atomic mass is 10.2. The minimum absolute atomic E-state index is 0.0697. The van der Waals surface area contributed by atoms with Crippen molar-refractivity contribution in [3.63, 3.8) is 0 Å². The molecule has 1 amide bonds. The molecule has 27 heavy (non-hydrogen) atoms. The van der Waals surface area contributed by atoms with Crippen LogP contribution in [0.25, 0.3) is 5.82 Å². The zero-order valence-corrected chi connectivity index (χ0v) is 14.9. The first-order valence-corrected chi connectivity index (χ1v) is 8.63. The number of amides is 1. The molecule has 0 spiro atoms. The highest BCUT2D eigenvalue weighted by Gasteiger charge is 2.25. The standard InChI is InChI=1S/C18H19N7O2/c1-27-17-14(4-2-7-19-17)18(26)24-12-10-23(11-13-24)15-5-6-16(22-21-15)25-9-3-8-20-25/h2-9H,10-13H2,1H3. The topological polar surface area (TPSA) is 89.3 Å². The Morgan fingerprint density at radius 3 is 2.44 bits per heavy atom. The maximum absolute atomic E-state index is 12.7. The number of aromatic nitrogens is 5. The minimum Gasteiger partial charge on any atom is -0.480 e. The Kier molecular flexibility index (Phi) is 4.65. The van der Waals surface area contributed by atoms with Crippen molar-refractivity contribution in [2.24, 2.45) is 0 Å². The monoisotopic (exact) mass is 365 g/mol. The van der Waals surface area contributed by atoms with Crippen LogP contribution >= 0.6 is 0 Å². The maximum atomic E-state index is 12.7. The predicted octanol–water partition coefficient (Wildman–Crippen LogP) is 1.03. The van der Waals surface area contributed by atoms with Crippen LogP contribution in [-0.4, -0.2) is 69.1 Å². The molecular weight excluding hydrogens is 346 g/mol. The summed E-state index contributed by atoms with van der Waals surface area (Å²) < 4.78 is 6.86. The normalized spacial score (nSPS) is 14.3. The number of ether oxygens (including phenoxy) is 1. The van der Waals surface area contributed by atoms with Crippen molar-refractivity contribution in [2.45, 2.75) is 0 Å². The van der Waals surface area contributed by atoms with Crippen LogP contribution in [0.2, 0.25) is 0 Å². The van der Waals surface area contributed by atoms with E-state index in [1.807, 2.05) is 29.3 Å². The van der Waals surface area contributed by atoms with Crippen molar-refractivity contribution in [3.8, 4) is 11.7 Å². The highest BCUT2D eigenvalue weighted by atomic mass is 16.5. The summed E-state index contributed by atoms with van der Waals surface area (Å²) in [4.78, 5) is 20.8. The van der Waals surface area contributed by atoms with Crippen molar-refractivity contribution in [1.29, 1.82) is 0 Å². The summed E-state index contributed by atoms with van der Waals surface area (Å²) in [6.07, 6.45) is 5.13. The van der Waals surface area contributed by atoms with E-state index >= 15 is 0 Å². The van der Waals surface area contributed by atoms with E-state index in [4.69, 9.17) is 4.74 Å². The van der Waals surface area contributed by atoms with Crippen LogP contribution in [0.1, 0.15) is 10.4 Å². The van der Waals surface area contributed by atoms with Crippen molar-refractivity contribution in [3.05, 3.63) is 54.5 Å². The third kappa shape index (κ3) is 3.43. The number of piperazine rings is 1. The Labute approximate surface area is 156 Å². The molecule has 4 rings (SSSR count). The van der Waals surface area contributed by atoms with E-state index in [0.29, 0.717) is 43.4 Å². The first-order valence-electron chi connectivity index (χ1n) is 8.63. The van der Waals surface area contributed by atoms with E-state index in [1.54, 1.807) is 29.2 Å². The predicted molar refractivity (Wildman–Crippen MR) is 98.1 cm³/mol. The summed E-state index contributed by atoms with van der Waals surface area (Å²) in [6.45, 7) is 2.56. The molecule has 0 aliphatic carbocycles. The number of pyridine rings is 1. The molecular formula is C18H19N7O2. The Balaban J connectivity index is 1.41. The number of carbonyl (C=O) groups is 1. The average molecular weight is 365 g/mol. The molecule has 0 radical (unpaired) electrons. The van der Waals surface area contributed by atoms with E-state index in [1.165, 1.54) is 7.11 Å². The summed E-state index contributed by atoms with van der Waals surface area (Å²) in [5.74, 6) is 1.74. The lowest BCUT2D eigenvalue weighted by Crippen LogP contribution is -2.49. The van der Waals surface area contributed by atoms with E-state index < -0.39 is 0 Å². The molecule has 9 nitrogen and oxygen atoms in total. The van der Waals surface area contributed by atoms with Gasteiger partial charge in [0.2, 0.25) is 5.88 Å². The lowest BCUT2D eigenvalue weighted by Gasteiger charge is -2.35. The van der Waals surface area contributed by atoms with Crippen molar-refractivity contribution in [2.75, 3.05) is 38.2 Å². The fraction of sp³-hybridized carbons (Fsp3) is 0.278. The van der Waals surface area contributed by atoms with Crippen LogP contribution in [0.3, 0.4) is 0 Å². The SMILES string of the molecule is COc1ncccc1C(=O)N1CCN(c2ccc(-n3cccn3)nn2)CC1. The number of methoxy groups -OCH3 is 1. The number of hydrogen-bond donors (Lipinski definition) is 0. The van der Waals surface area contributed by atoms with Gasteiger partial charge in [0.05, 0.1) is 7.11 Å². The molecule has 9 heteroatoms. The number of carbonyl (C=O) groups excluding carboxylic acids is 1. The maximum Gasteiger partial charge on any atom is 0.259 e. The van der Waals surface area contributed by atoms with Crippen LogP contribution in [0, 0.1) is 0 Å². The summed E-state index contributed by atoms with van der Waals surface area (Å²) >= 11 is 0. The molecule has 3 aromatic rings. The second-order valence-electron chi connectivity index (χ2n) is 6.04. The highest BCUT2D eigenvalue weighted by molar-refractivity contribution is 5.96. The molecule has 0 saturated carbocycles. The Morgan fingerprint density at radius 2 is 1.78 bits per heavy atom. The van der Waals surface area contributed by atoms with Gasteiger partial charge in [-0.3, -0.25) is 4.79 Å². The third-order valence-electron chi connectivity index (χ3n) is 4.46. The van der Waals surface area contributed by atoms with Gasteiger partial charge in [0.15, 0.2) is 11.6 Å². The number of rotatable bonds is 4. The molecule has 1 aliphatic rings. The molecule has 138 valence electrons. The third-order valence-corrected chi connectivity index (χ3v) is 4.46. The molecule has 3 aromatic heterocycles. The van der Waals surface area contributed by atoms with Gasteiger partial charge in [-0.15, -0.1) is 10.2 Å². The Bertz CT molecular complexity index is 904. The second kappa shape index (κ2) is 7.40. The van der Waals surface area contributed by atoms with Gasteiger partial charge in [0, 0.05) is 44.8 Å². The zero-order chi connectivity index (χ0) is 18.6. The Hall–Kier alpha value is -3.49. The van der Waals surface area contributed by atoms with E-state index in [9.17, 15) is 4.79 Å². The van der Waals surface area contributed by atoms with Gasteiger partial charge in [0.25, 0.3) is 5.91 Å². The second-order valence-corrected chi connectivity index (χ2v) is 6.04. The molecule has 0 bridgehead atoms. The van der Waals surface area contributed by atoms with Crippen LogP contribution < -0.4 is 9.64 Å². The number of anilines is 1. The molecule has 1 fully saturated rings. The summed E-state index contributed by atoms with van der Waals surface area (Å²) in [7, 11) is 1.52. The largest absolute Gasteiger partial charge is 0.480 e. The van der Waals surface area contributed by atoms with Crippen molar-refractivity contribution in [1.82, 2.24) is 29.9 Å². The molecule has 0 atom stereocenters. The van der Waals surface area contributed by atoms with Crippen molar-refractivity contribution >= 4 is 11.7 Å². The lowest BCUT2D eigenvalue weighted by molar-refractivity contribution is 0.0742. The van der Waals surface area contributed by atoms with Gasteiger partial charge >= 0.3 is 0 Å². The first-order chi connectivity index (χ1) is 13.3. The summed E-state index contributed by atoms with van der Waals surface area (Å²) in [6, 6.07) is 9.12. The molecule has 4 heterocycles. The van der Waals surface area contributed by atoms with Gasteiger partial charge in [-0.2, -0.15) is 5.10 Å². The van der Waals surface area contributed by atoms with Gasteiger partial charge in [-0.1, -0.05) is 0 Å². The van der Waals surface area contributed by atoms with E-state index in [0.717, 1.165) is 5.82 Å². The average Bonchev–Trinajstić information content (AvgIpc) is 3.28. The van der Waals surface area contributed by atoms with Crippen LogP contribution in [0.15, 0.2) is 48.9 Å². The first kappa shape index (κ1) is 17.0. The van der Waals surface area contributed by atoms with E-state index in [2.05, 4.69) is 25.2 Å². The van der Waals surface area contributed by atoms with Crippen LogP contribution in [-0.2, 0) is 0 Å². The van der Waals surface area contributed by atoms with Gasteiger partial charge in [-0.25, -0.2) is 9.67 Å². The fourth-order valence-corrected chi connectivity index (χ4v) is 3.04. The molecule has 0 N–H and O–H groups in total. The Morgan fingerprint density at radius 1 is 1.00 bits per heavy atom. The van der Waals surface area contributed by atoms with E-state index in [-0.39, 0.29) is 5.91 Å². The fourth-order valence-electron chi connectivity index (χ4n) is 3.04. The summed E-state index contributed by atoms with van der Waals surface area (Å²) in [5, 5.41) is 12.7. The summed E-state index contributed by atoms with van der Waals surface area (Å²) in [5.41, 5.74) is 0.483. The van der Waals surface area contributed by atoms with Gasteiger partial charge in [-0.05, 0) is 30.3 Å². The zero-order valence-electron chi connectivity index (χ0n) is 14.9. The number of nitrogens with zero attached hydrogens (tertiary/aromatic N) is 7. The minimum atomic E-state index is -0.0697.